The summed E-state index contributed by atoms with van der Waals surface area (Å²) in [5, 5.41) is 2.46. The number of halogens is 5. The number of benzene rings is 3. The molecule has 0 aliphatic heterocycles. The van der Waals surface area contributed by atoms with Crippen LogP contribution in [0.25, 0.3) is 5.69 Å². The number of nitrogens with one attached hydrogen (secondary N) is 1. The Labute approximate surface area is 252 Å². The normalized spacial score (nSPS) is 12.0. The average Bonchev–Trinajstić information content (AvgIpc) is 2.97. The van der Waals surface area contributed by atoms with E-state index in [2.05, 4.69) is 10.3 Å². The van der Waals surface area contributed by atoms with Crippen LogP contribution < -0.4 is 27.0 Å². The molecule has 3 aromatic carbocycles. The van der Waals surface area contributed by atoms with E-state index in [4.69, 9.17) is 10.5 Å². The molecule has 3 N–H and O–H groups in total. The molecule has 0 saturated carbocycles. The van der Waals surface area contributed by atoms with E-state index in [1.54, 1.807) is 19.0 Å². The first-order valence-electron chi connectivity index (χ1n) is 13.1. The molecule has 1 amide bonds. The van der Waals surface area contributed by atoms with E-state index in [1.807, 2.05) is 0 Å². The number of hydrogen-bond donors (Lipinski definition) is 2. The lowest BCUT2D eigenvalue weighted by Gasteiger charge is -2.21. The number of nitrogens with zero attached hydrogens (tertiary/aromatic N) is 4. The van der Waals surface area contributed by atoms with Crippen LogP contribution in [0.2, 0.25) is 0 Å². The fraction of sp³-hybridized carbons (Fsp3) is 0.200. The first-order chi connectivity index (χ1) is 21.3. The Morgan fingerprint density at radius 2 is 1.71 bits per heavy atom. The summed E-state index contributed by atoms with van der Waals surface area (Å²) in [5.41, 5.74) is 1.23. The van der Waals surface area contributed by atoms with Crippen LogP contribution in [0.5, 0.6) is 5.75 Å². The topological polar surface area (TPSA) is 124 Å². The van der Waals surface area contributed by atoms with Crippen molar-refractivity contribution in [3.8, 4) is 11.4 Å². The number of aliphatic imine (C=N–C) groups is 1. The van der Waals surface area contributed by atoms with Crippen LogP contribution in [0.4, 0.5) is 39.1 Å². The lowest BCUT2D eigenvalue weighted by Crippen LogP contribution is -2.45. The molecule has 45 heavy (non-hydrogen) atoms. The summed E-state index contributed by atoms with van der Waals surface area (Å²) in [6.45, 7) is -1.15. The second kappa shape index (κ2) is 13.1. The summed E-state index contributed by atoms with van der Waals surface area (Å²) in [7, 11) is 4.42. The fourth-order valence-electron chi connectivity index (χ4n) is 4.60. The van der Waals surface area contributed by atoms with E-state index in [0.29, 0.717) is 27.3 Å². The number of ether oxygens (including phenoxy) is 1. The second-order valence-corrected chi connectivity index (χ2v) is 9.93. The predicted octanol–water partition coefficient (Wildman–Crippen LogP) is 4.19. The van der Waals surface area contributed by atoms with Crippen molar-refractivity contribution in [2.75, 3.05) is 38.8 Å². The van der Waals surface area contributed by atoms with Gasteiger partial charge in [0, 0.05) is 17.8 Å². The number of alkyl halides is 3. The number of likely N-dealkylation sites (N-methyl/N-ethyl adjacent to an activating group) is 1. The van der Waals surface area contributed by atoms with Gasteiger partial charge < -0.3 is 20.7 Å². The third-order valence-corrected chi connectivity index (χ3v) is 6.64. The van der Waals surface area contributed by atoms with Gasteiger partial charge in [-0.1, -0.05) is 12.1 Å². The Morgan fingerprint density at radius 3 is 2.31 bits per heavy atom. The Kier molecular flexibility index (Phi) is 9.51. The van der Waals surface area contributed by atoms with Crippen molar-refractivity contribution in [2.24, 2.45) is 4.99 Å². The van der Waals surface area contributed by atoms with Gasteiger partial charge in [0.25, 0.3) is 5.56 Å². The number of anilines is 2. The Hall–Kier alpha value is -5.31. The van der Waals surface area contributed by atoms with Crippen LogP contribution in [0, 0.1) is 11.6 Å². The van der Waals surface area contributed by atoms with Crippen molar-refractivity contribution >= 4 is 29.3 Å². The van der Waals surface area contributed by atoms with E-state index in [0.717, 1.165) is 25.3 Å². The van der Waals surface area contributed by atoms with Crippen molar-refractivity contribution < 1.29 is 31.5 Å². The molecule has 4 rings (SSSR count). The molecule has 0 aliphatic rings. The molecule has 1 aromatic heterocycles. The number of nitrogens with two attached hydrogens (primary N) is 1. The number of hydrogen-bond acceptors (Lipinski definition) is 7. The number of amides is 1. The quantitative estimate of drug-likeness (QED) is 0.154. The molecule has 0 radical (unpaired) electrons. The van der Waals surface area contributed by atoms with E-state index < -0.39 is 63.8 Å². The van der Waals surface area contributed by atoms with Crippen molar-refractivity contribution in [3.63, 3.8) is 0 Å². The van der Waals surface area contributed by atoms with Gasteiger partial charge in [-0.15, -0.1) is 0 Å². The highest BCUT2D eigenvalue weighted by Gasteiger charge is 2.35. The lowest BCUT2D eigenvalue weighted by atomic mass is 10.1. The monoisotopic (exact) mass is 630 g/mol. The maximum absolute atomic E-state index is 15.5. The molecule has 0 fully saturated rings. The Bertz CT molecular complexity index is 1880. The van der Waals surface area contributed by atoms with Gasteiger partial charge in [-0.25, -0.2) is 18.1 Å². The minimum atomic E-state index is -5.01. The highest BCUT2D eigenvalue weighted by molar-refractivity contribution is 6.06. The van der Waals surface area contributed by atoms with Gasteiger partial charge in [-0.05, 0) is 62.6 Å². The van der Waals surface area contributed by atoms with Crippen LogP contribution in [0.3, 0.4) is 0 Å². The minimum absolute atomic E-state index is 0.0472. The molecule has 10 nitrogen and oxygen atoms in total. The summed E-state index contributed by atoms with van der Waals surface area (Å²) in [5.74, 6) is -3.36. The molecular formula is C30H27F5N6O4. The maximum Gasteiger partial charge on any atom is 0.416 e. The highest BCUT2D eigenvalue weighted by atomic mass is 19.4. The molecule has 0 saturated heterocycles. The van der Waals surface area contributed by atoms with Crippen LogP contribution in [-0.4, -0.2) is 53.9 Å². The molecule has 0 spiro atoms. The first-order valence-corrected chi connectivity index (χ1v) is 13.1. The largest absolute Gasteiger partial charge is 0.494 e. The van der Waals surface area contributed by atoms with Gasteiger partial charge in [-0.2, -0.15) is 13.2 Å². The number of aromatic nitrogens is 2. The summed E-state index contributed by atoms with van der Waals surface area (Å²) in [6.07, 6.45) is -4.53. The summed E-state index contributed by atoms with van der Waals surface area (Å²) < 4.78 is 78.1. The second-order valence-electron chi connectivity index (χ2n) is 9.93. The zero-order valence-corrected chi connectivity index (χ0v) is 24.2. The highest BCUT2D eigenvalue weighted by Crippen LogP contribution is 2.34. The number of rotatable bonds is 10. The average molecular weight is 631 g/mol. The minimum Gasteiger partial charge on any atom is -0.494 e. The molecule has 0 aliphatic carbocycles. The molecule has 4 aromatic rings. The summed E-state index contributed by atoms with van der Waals surface area (Å²) in [4.78, 5) is 44.8. The van der Waals surface area contributed by atoms with Crippen molar-refractivity contribution in [3.05, 3.63) is 110 Å². The summed E-state index contributed by atoms with van der Waals surface area (Å²) >= 11 is 0. The van der Waals surface area contributed by atoms with Crippen LogP contribution in [-0.2, 0) is 17.5 Å². The van der Waals surface area contributed by atoms with E-state index in [1.165, 1.54) is 36.4 Å². The maximum atomic E-state index is 15.5. The zero-order chi connectivity index (χ0) is 33.1. The molecular weight excluding hydrogens is 603 g/mol. The Morgan fingerprint density at radius 1 is 1.04 bits per heavy atom. The Balaban J connectivity index is 2.10. The molecule has 1 heterocycles. The van der Waals surface area contributed by atoms with Gasteiger partial charge in [0.2, 0.25) is 6.41 Å². The van der Waals surface area contributed by atoms with Gasteiger partial charge >= 0.3 is 11.9 Å². The number of methoxy groups -OCH3 is 1. The molecule has 0 unspecified atom stereocenters. The molecule has 0 atom stereocenters. The number of carbonyl (C=O) groups is 1. The van der Waals surface area contributed by atoms with E-state index in [-0.39, 0.29) is 23.7 Å². The van der Waals surface area contributed by atoms with E-state index in [9.17, 15) is 31.9 Å². The molecule has 236 valence electrons. The van der Waals surface area contributed by atoms with E-state index >= 15 is 4.39 Å². The molecule has 15 heteroatoms. The van der Waals surface area contributed by atoms with Crippen molar-refractivity contribution in [2.45, 2.75) is 12.7 Å². The fourth-order valence-corrected chi connectivity index (χ4v) is 4.60. The summed E-state index contributed by atoms with van der Waals surface area (Å²) in [6, 6.07) is 12.0. The predicted molar refractivity (Wildman–Crippen MR) is 159 cm³/mol. The first kappa shape index (κ1) is 32.6. The van der Waals surface area contributed by atoms with Gasteiger partial charge in [-0.3, -0.25) is 19.1 Å². The standard InChI is InChI=1S/C30H27F5N6O4/c1-39(2)15-22(38-18-12-10-17(11-13-18)37-16-42)25-27(36)40(14-19-20(30(33,34)35)6-4-7-21(19)31)29(44)41(28(25)43)23-8-5-9-24(45-3)26(23)32/h4-13,16H,14-15,36H2,1-3H3,(H,37,42). The van der Waals surface area contributed by atoms with Gasteiger partial charge in [0.05, 0.1) is 36.3 Å². The number of carbonyl (C=O) groups excluding carboxylic acids is 1. The SMILES string of the molecule is COc1cccc(-n2c(=O)c(C(CN(C)C)=Nc3ccc(NC=O)cc3)c(N)n(Cc3c(F)cccc3C(F)(F)F)c2=O)c1F. The lowest BCUT2D eigenvalue weighted by molar-refractivity contribution is -0.138. The van der Waals surface area contributed by atoms with Gasteiger partial charge in [0.1, 0.15) is 17.2 Å². The van der Waals surface area contributed by atoms with Crippen LogP contribution >= 0.6 is 0 Å². The number of nitrogen functional groups attached to an aromatic ring is 1. The van der Waals surface area contributed by atoms with Crippen molar-refractivity contribution in [1.29, 1.82) is 0 Å². The molecule has 0 bridgehead atoms. The smallest absolute Gasteiger partial charge is 0.416 e. The third kappa shape index (κ3) is 6.77. The van der Waals surface area contributed by atoms with Crippen LogP contribution in [0.1, 0.15) is 16.7 Å². The van der Waals surface area contributed by atoms with Crippen molar-refractivity contribution in [1.82, 2.24) is 14.0 Å². The zero-order valence-electron chi connectivity index (χ0n) is 24.2. The van der Waals surface area contributed by atoms with Gasteiger partial charge in [0.15, 0.2) is 11.6 Å². The third-order valence-electron chi connectivity index (χ3n) is 6.64. The van der Waals surface area contributed by atoms with Crippen LogP contribution in [0.15, 0.2) is 75.2 Å².